The Bertz CT molecular complexity index is 831. The first-order chi connectivity index (χ1) is 11.4. The van der Waals surface area contributed by atoms with E-state index in [1.165, 1.54) is 23.9 Å². The number of rotatable bonds is 4. The van der Waals surface area contributed by atoms with Gasteiger partial charge in [0.2, 0.25) is 5.16 Å². The van der Waals surface area contributed by atoms with Crippen LogP contribution in [0.15, 0.2) is 58.2 Å². The highest BCUT2D eigenvalue weighted by molar-refractivity contribution is 9.10. The molecule has 1 heterocycles. The molecule has 0 aliphatic rings. The lowest BCUT2D eigenvalue weighted by atomic mass is 10.1. The van der Waals surface area contributed by atoms with Crippen molar-refractivity contribution in [2.24, 2.45) is 0 Å². The van der Waals surface area contributed by atoms with Gasteiger partial charge < -0.3 is 0 Å². The molecule has 0 aliphatic carbocycles. The summed E-state index contributed by atoms with van der Waals surface area (Å²) in [7, 11) is 0. The van der Waals surface area contributed by atoms with Crippen LogP contribution in [0.2, 0.25) is 0 Å². The summed E-state index contributed by atoms with van der Waals surface area (Å²) in [6, 6.07) is 12.7. The van der Waals surface area contributed by atoms with E-state index in [9.17, 15) is 13.2 Å². The van der Waals surface area contributed by atoms with Crippen molar-refractivity contribution in [1.82, 2.24) is 15.2 Å². The Balaban J connectivity index is 1.67. The van der Waals surface area contributed by atoms with Crippen LogP contribution in [0.1, 0.15) is 11.1 Å². The van der Waals surface area contributed by atoms with E-state index in [1.54, 1.807) is 0 Å². The van der Waals surface area contributed by atoms with Crippen molar-refractivity contribution < 1.29 is 13.2 Å². The maximum Gasteiger partial charge on any atom is 0.416 e. The Morgan fingerprint density at radius 2 is 1.75 bits per heavy atom. The first-order valence-corrected chi connectivity index (χ1v) is 8.67. The molecule has 0 amide bonds. The first kappa shape index (κ1) is 17.0. The summed E-state index contributed by atoms with van der Waals surface area (Å²) in [4.78, 5) is 4.40. The van der Waals surface area contributed by atoms with Crippen molar-refractivity contribution in [2.75, 3.05) is 0 Å². The second kappa shape index (κ2) is 6.98. The molecule has 3 rings (SSSR count). The first-order valence-electron chi connectivity index (χ1n) is 6.90. The highest BCUT2D eigenvalue weighted by atomic mass is 79.9. The third-order valence-corrected chi connectivity index (χ3v) is 4.85. The number of aromatic nitrogens is 3. The van der Waals surface area contributed by atoms with E-state index in [-0.39, 0.29) is 0 Å². The Kier molecular flexibility index (Phi) is 4.96. The molecule has 2 aromatic carbocycles. The summed E-state index contributed by atoms with van der Waals surface area (Å²) in [5, 5.41) is 7.54. The van der Waals surface area contributed by atoms with Crippen LogP contribution in [0.3, 0.4) is 0 Å². The van der Waals surface area contributed by atoms with Gasteiger partial charge in [0.1, 0.15) is 0 Å². The van der Waals surface area contributed by atoms with Crippen LogP contribution in [0.25, 0.3) is 11.4 Å². The summed E-state index contributed by atoms with van der Waals surface area (Å²) in [5.74, 6) is 1.13. The largest absolute Gasteiger partial charge is 0.416 e. The molecule has 0 bridgehead atoms. The van der Waals surface area contributed by atoms with E-state index < -0.39 is 11.7 Å². The van der Waals surface area contributed by atoms with Crippen LogP contribution in [0.5, 0.6) is 0 Å². The molecular weight excluding hydrogens is 403 g/mol. The average Bonchev–Trinajstić information content (AvgIpc) is 3.02. The van der Waals surface area contributed by atoms with Gasteiger partial charge >= 0.3 is 6.18 Å². The maximum atomic E-state index is 12.5. The van der Waals surface area contributed by atoms with Crippen molar-refractivity contribution >= 4 is 27.7 Å². The van der Waals surface area contributed by atoms with Gasteiger partial charge in [-0.05, 0) is 23.8 Å². The van der Waals surface area contributed by atoms with E-state index >= 15 is 0 Å². The minimum atomic E-state index is -4.31. The van der Waals surface area contributed by atoms with Crippen LogP contribution in [-0.2, 0) is 11.9 Å². The Labute approximate surface area is 148 Å². The minimum Gasteiger partial charge on any atom is -0.258 e. The number of nitrogens with zero attached hydrogens (tertiary/aromatic N) is 2. The number of hydrogen-bond acceptors (Lipinski definition) is 3. The number of thioether (sulfide) groups is 1. The van der Waals surface area contributed by atoms with Gasteiger partial charge in [-0.3, -0.25) is 5.10 Å². The molecule has 0 aliphatic heterocycles. The molecule has 1 aromatic heterocycles. The second-order valence-electron chi connectivity index (χ2n) is 4.93. The lowest BCUT2D eigenvalue weighted by Gasteiger charge is -2.06. The number of aromatic amines is 1. The van der Waals surface area contributed by atoms with Gasteiger partial charge in [0.15, 0.2) is 5.82 Å². The zero-order valence-corrected chi connectivity index (χ0v) is 14.5. The van der Waals surface area contributed by atoms with Gasteiger partial charge in [-0.15, -0.1) is 5.10 Å². The minimum absolute atomic E-state index is 0.491. The van der Waals surface area contributed by atoms with Crippen molar-refractivity contribution in [3.63, 3.8) is 0 Å². The summed E-state index contributed by atoms with van der Waals surface area (Å²) < 4.78 is 38.5. The molecule has 1 N–H and O–H groups in total. The zero-order chi connectivity index (χ0) is 17.2. The Morgan fingerprint density at radius 3 is 2.42 bits per heavy atom. The number of nitrogens with one attached hydrogen (secondary N) is 1. The summed E-state index contributed by atoms with van der Waals surface area (Å²) in [5.41, 5.74) is 1.02. The number of benzene rings is 2. The summed E-state index contributed by atoms with van der Waals surface area (Å²) in [6.45, 7) is 0. The highest BCUT2D eigenvalue weighted by Gasteiger charge is 2.29. The van der Waals surface area contributed by atoms with Crippen molar-refractivity contribution in [3.05, 3.63) is 64.1 Å². The number of alkyl halides is 3. The van der Waals surface area contributed by atoms with Gasteiger partial charge in [-0.2, -0.15) is 13.2 Å². The van der Waals surface area contributed by atoms with E-state index in [0.717, 1.165) is 27.7 Å². The SMILES string of the molecule is FC(F)(F)c1ccc(CSc2n[nH]c(-c3ccccc3Br)n2)cc1. The molecule has 0 saturated heterocycles. The van der Waals surface area contributed by atoms with Gasteiger partial charge in [0, 0.05) is 15.8 Å². The van der Waals surface area contributed by atoms with Crippen molar-refractivity contribution in [1.29, 1.82) is 0 Å². The van der Waals surface area contributed by atoms with Gasteiger partial charge in [0.05, 0.1) is 5.56 Å². The third-order valence-electron chi connectivity index (χ3n) is 3.24. The molecule has 0 spiro atoms. The third kappa shape index (κ3) is 3.99. The topological polar surface area (TPSA) is 41.6 Å². The predicted octanol–water partition coefficient (Wildman–Crippen LogP) is 5.55. The zero-order valence-electron chi connectivity index (χ0n) is 12.1. The Morgan fingerprint density at radius 1 is 1.04 bits per heavy atom. The average molecular weight is 414 g/mol. The molecule has 124 valence electrons. The van der Waals surface area contributed by atoms with Gasteiger partial charge in [-0.25, -0.2) is 4.98 Å². The van der Waals surface area contributed by atoms with Gasteiger partial charge in [-0.1, -0.05) is 58.0 Å². The maximum absolute atomic E-state index is 12.5. The molecule has 8 heteroatoms. The van der Waals surface area contributed by atoms with Crippen LogP contribution in [0, 0.1) is 0 Å². The predicted molar refractivity (Wildman–Crippen MR) is 90.5 cm³/mol. The standard InChI is InChI=1S/C16H11BrF3N3S/c17-13-4-2-1-3-12(13)14-21-15(23-22-14)24-9-10-5-7-11(8-6-10)16(18,19)20/h1-8H,9H2,(H,21,22,23). The van der Waals surface area contributed by atoms with E-state index in [2.05, 4.69) is 31.1 Å². The number of halogens is 4. The van der Waals surface area contributed by atoms with E-state index in [1.807, 2.05) is 24.3 Å². The monoisotopic (exact) mass is 413 g/mol. The fraction of sp³-hybridized carbons (Fsp3) is 0.125. The van der Waals surface area contributed by atoms with E-state index in [4.69, 9.17) is 0 Å². The number of hydrogen-bond donors (Lipinski definition) is 1. The quantitative estimate of drug-likeness (QED) is 0.570. The van der Waals surface area contributed by atoms with Crippen molar-refractivity contribution in [2.45, 2.75) is 17.1 Å². The molecule has 3 nitrogen and oxygen atoms in total. The molecular formula is C16H11BrF3N3S. The van der Waals surface area contributed by atoms with Gasteiger partial charge in [0.25, 0.3) is 0 Å². The highest BCUT2D eigenvalue weighted by Crippen LogP contribution is 2.30. The molecule has 0 radical (unpaired) electrons. The smallest absolute Gasteiger partial charge is 0.258 e. The number of H-pyrrole nitrogens is 1. The lowest BCUT2D eigenvalue weighted by Crippen LogP contribution is -2.04. The Hall–Kier alpha value is -1.80. The molecule has 24 heavy (non-hydrogen) atoms. The molecule has 0 atom stereocenters. The van der Waals surface area contributed by atoms with Crippen LogP contribution >= 0.6 is 27.7 Å². The normalized spacial score (nSPS) is 11.7. The molecule has 0 unspecified atom stereocenters. The van der Waals surface area contributed by atoms with Crippen LogP contribution in [0.4, 0.5) is 13.2 Å². The van der Waals surface area contributed by atoms with Crippen molar-refractivity contribution in [3.8, 4) is 11.4 Å². The molecule has 0 fully saturated rings. The van der Waals surface area contributed by atoms with Crippen LogP contribution in [-0.4, -0.2) is 15.2 Å². The van der Waals surface area contributed by atoms with Crippen LogP contribution < -0.4 is 0 Å². The second-order valence-corrected chi connectivity index (χ2v) is 6.73. The molecule has 3 aromatic rings. The summed E-state index contributed by atoms with van der Waals surface area (Å²) in [6.07, 6.45) is -4.31. The molecule has 0 saturated carbocycles. The fourth-order valence-corrected chi connectivity index (χ4v) is 3.25. The fourth-order valence-electron chi connectivity index (χ4n) is 2.02. The van der Waals surface area contributed by atoms with E-state index in [0.29, 0.717) is 16.7 Å². The lowest BCUT2D eigenvalue weighted by molar-refractivity contribution is -0.137. The summed E-state index contributed by atoms with van der Waals surface area (Å²) >= 11 is 4.81.